The van der Waals surface area contributed by atoms with Gasteiger partial charge < -0.3 is 5.32 Å². The Morgan fingerprint density at radius 3 is 3.06 bits per heavy atom. The van der Waals surface area contributed by atoms with Crippen LogP contribution in [0.2, 0.25) is 0 Å². The Labute approximate surface area is 94.8 Å². The molecule has 3 nitrogen and oxygen atoms in total. The first kappa shape index (κ1) is 9.56. The van der Waals surface area contributed by atoms with Gasteiger partial charge in [-0.3, -0.25) is 4.98 Å². The molecule has 0 saturated carbocycles. The minimum Gasteiger partial charge on any atom is -0.313 e. The third-order valence-electron chi connectivity index (χ3n) is 3.56. The number of pyridine rings is 1. The van der Waals surface area contributed by atoms with E-state index in [9.17, 15) is 0 Å². The van der Waals surface area contributed by atoms with Gasteiger partial charge in [-0.15, -0.1) is 0 Å². The van der Waals surface area contributed by atoms with Crippen LogP contribution in [0.4, 0.5) is 0 Å². The summed E-state index contributed by atoms with van der Waals surface area (Å²) in [6, 6.07) is 4.71. The molecular weight excluding hydrogens is 198 g/mol. The first-order chi connectivity index (χ1) is 7.86. The lowest BCUT2D eigenvalue weighted by molar-refractivity contribution is 0.231. The molecule has 1 aliphatic carbocycles. The SMILES string of the molecule is N#Cc1cncc(C2=CC[C@H]3CN[C@H]3C2)c1. The summed E-state index contributed by atoms with van der Waals surface area (Å²) in [6.07, 6.45) is 7.99. The second-order valence-electron chi connectivity index (χ2n) is 4.52. The van der Waals surface area contributed by atoms with Gasteiger partial charge in [0.2, 0.25) is 0 Å². The van der Waals surface area contributed by atoms with Crippen LogP contribution < -0.4 is 5.32 Å². The molecule has 1 fully saturated rings. The largest absolute Gasteiger partial charge is 0.313 e. The van der Waals surface area contributed by atoms with E-state index < -0.39 is 0 Å². The molecule has 3 rings (SSSR count). The van der Waals surface area contributed by atoms with E-state index in [0.717, 1.165) is 30.9 Å². The summed E-state index contributed by atoms with van der Waals surface area (Å²) >= 11 is 0. The molecule has 0 radical (unpaired) electrons. The molecule has 0 bridgehead atoms. The zero-order valence-electron chi connectivity index (χ0n) is 8.98. The molecule has 2 aliphatic rings. The predicted molar refractivity (Wildman–Crippen MR) is 61.4 cm³/mol. The zero-order valence-corrected chi connectivity index (χ0v) is 8.98. The molecule has 1 aromatic heterocycles. The zero-order chi connectivity index (χ0) is 11.0. The molecule has 0 unspecified atom stereocenters. The maximum absolute atomic E-state index is 8.84. The Kier molecular flexibility index (Phi) is 2.23. The van der Waals surface area contributed by atoms with E-state index in [4.69, 9.17) is 5.26 Å². The van der Waals surface area contributed by atoms with Crippen molar-refractivity contribution < 1.29 is 0 Å². The number of aromatic nitrogens is 1. The fourth-order valence-electron chi connectivity index (χ4n) is 2.46. The van der Waals surface area contributed by atoms with E-state index in [1.54, 1.807) is 6.20 Å². The van der Waals surface area contributed by atoms with Gasteiger partial charge in [-0.1, -0.05) is 6.08 Å². The van der Waals surface area contributed by atoms with Crippen LogP contribution in [0, 0.1) is 17.2 Å². The number of fused-ring (bicyclic) bond motifs is 1. The van der Waals surface area contributed by atoms with Crippen molar-refractivity contribution >= 4 is 5.57 Å². The fourth-order valence-corrected chi connectivity index (χ4v) is 2.46. The second-order valence-corrected chi connectivity index (χ2v) is 4.52. The first-order valence-electron chi connectivity index (χ1n) is 5.65. The van der Waals surface area contributed by atoms with Gasteiger partial charge >= 0.3 is 0 Å². The van der Waals surface area contributed by atoms with Gasteiger partial charge in [-0.05, 0) is 36.0 Å². The van der Waals surface area contributed by atoms with E-state index in [0.29, 0.717) is 11.6 Å². The number of hydrogen-bond acceptors (Lipinski definition) is 3. The van der Waals surface area contributed by atoms with Crippen LogP contribution >= 0.6 is 0 Å². The molecular formula is C13H13N3. The summed E-state index contributed by atoms with van der Waals surface area (Å²) in [4.78, 5) is 4.11. The van der Waals surface area contributed by atoms with Crippen LogP contribution in [0.1, 0.15) is 24.0 Å². The Hall–Kier alpha value is -1.66. The van der Waals surface area contributed by atoms with Gasteiger partial charge in [0.1, 0.15) is 6.07 Å². The van der Waals surface area contributed by atoms with E-state index in [2.05, 4.69) is 22.4 Å². The summed E-state index contributed by atoms with van der Waals surface area (Å²) in [7, 11) is 0. The topological polar surface area (TPSA) is 48.7 Å². The van der Waals surface area contributed by atoms with Gasteiger partial charge in [0, 0.05) is 25.0 Å². The van der Waals surface area contributed by atoms with Crippen LogP contribution in [0.15, 0.2) is 24.5 Å². The standard InChI is InChI=1S/C13H13N3/c14-5-9-3-12(7-15-6-9)10-1-2-11-8-16-13(11)4-10/h1,3,6-7,11,13,16H,2,4,8H2/t11-,13-/m0/s1. The van der Waals surface area contributed by atoms with Crippen LogP contribution in [0.5, 0.6) is 0 Å². The molecule has 2 atom stereocenters. The van der Waals surface area contributed by atoms with Crippen LogP contribution in [-0.2, 0) is 0 Å². The molecule has 1 aromatic rings. The number of nitrogens with one attached hydrogen (secondary N) is 1. The minimum absolute atomic E-state index is 0.641. The summed E-state index contributed by atoms with van der Waals surface area (Å²) in [5.74, 6) is 0.829. The summed E-state index contributed by atoms with van der Waals surface area (Å²) < 4.78 is 0. The van der Waals surface area contributed by atoms with E-state index >= 15 is 0 Å². The van der Waals surface area contributed by atoms with Gasteiger partial charge in [-0.25, -0.2) is 0 Å². The van der Waals surface area contributed by atoms with Crippen molar-refractivity contribution in [3.63, 3.8) is 0 Å². The molecule has 80 valence electrons. The number of rotatable bonds is 1. The highest BCUT2D eigenvalue weighted by Crippen LogP contribution is 2.34. The molecule has 3 heteroatoms. The van der Waals surface area contributed by atoms with Gasteiger partial charge in [-0.2, -0.15) is 5.26 Å². The lowest BCUT2D eigenvalue weighted by Gasteiger charge is -2.41. The van der Waals surface area contributed by atoms with Gasteiger partial charge in [0.15, 0.2) is 0 Å². The smallest absolute Gasteiger partial charge is 0.101 e. The van der Waals surface area contributed by atoms with Crippen molar-refractivity contribution in [2.24, 2.45) is 5.92 Å². The quantitative estimate of drug-likeness (QED) is 0.769. The number of nitriles is 1. The number of hydrogen-bond donors (Lipinski definition) is 1. The summed E-state index contributed by atoms with van der Waals surface area (Å²) in [6.45, 7) is 1.16. The third kappa shape index (κ3) is 1.52. The lowest BCUT2D eigenvalue weighted by atomic mass is 9.78. The fraction of sp³-hybridized carbons (Fsp3) is 0.385. The van der Waals surface area contributed by atoms with Crippen molar-refractivity contribution in [2.75, 3.05) is 6.54 Å². The second kappa shape index (κ2) is 3.73. The molecule has 1 saturated heterocycles. The van der Waals surface area contributed by atoms with Gasteiger partial charge in [0.05, 0.1) is 5.56 Å². The monoisotopic (exact) mass is 211 g/mol. The Bertz CT molecular complexity index is 484. The highest BCUT2D eigenvalue weighted by atomic mass is 15.0. The summed E-state index contributed by atoms with van der Waals surface area (Å²) in [5, 5.41) is 12.3. The van der Waals surface area contributed by atoms with Crippen LogP contribution in [0.3, 0.4) is 0 Å². The molecule has 1 aliphatic heterocycles. The highest BCUT2D eigenvalue weighted by molar-refractivity contribution is 5.67. The lowest BCUT2D eigenvalue weighted by Crippen LogP contribution is -2.53. The van der Waals surface area contributed by atoms with Crippen molar-refractivity contribution in [3.8, 4) is 6.07 Å². The molecule has 16 heavy (non-hydrogen) atoms. The van der Waals surface area contributed by atoms with Crippen molar-refractivity contribution in [2.45, 2.75) is 18.9 Å². The van der Waals surface area contributed by atoms with Crippen molar-refractivity contribution in [1.82, 2.24) is 10.3 Å². The van der Waals surface area contributed by atoms with E-state index in [1.165, 1.54) is 5.57 Å². The van der Waals surface area contributed by atoms with Crippen LogP contribution in [-0.4, -0.2) is 17.6 Å². The molecule has 0 amide bonds. The molecule has 0 spiro atoms. The average molecular weight is 211 g/mol. The minimum atomic E-state index is 0.641. The highest BCUT2D eigenvalue weighted by Gasteiger charge is 2.32. The normalized spacial score (nSPS) is 27.3. The van der Waals surface area contributed by atoms with Gasteiger partial charge in [0.25, 0.3) is 0 Å². The maximum atomic E-state index is 8.84. The predicted octanol–water partition coefficient (Wildman–Crippen LogP) is 1.72. The third-order valence-corrected chi connectivity index (χ3v) is 3.56. The Morgan fingerprint density at radius 1 is 1.44 bits per heavy atom. The average Bonchev–Trinajstić information content (AvgIpc) is 2.31. The Balaban J connectivity index is 1.89. The first-order valence-corrected chi connectivity index (χ1v) is 5.65. The number of nitrogens with zero attached hydrogens (tertiary/aromatic N) is 2. The Morgan fingerprint density at radius 2 is 2.38 bits per heavy atom. The van der Waals surface area contributed by atoms with E-state index in [1.807, 2.05) is 12.3 Å². The van der Waals surface area contributed by atoms with Crippen molar-refractivity contribution in [1.29, 1.82) is 5.26 Å². The summed E-state index contributed by atoms with van der Waals surface area (Å²) in [5.41, 5.74) is 3.08. The molecule has 2 heterocycles. The van der Waals surface area contributed by atoms with Crippen molar-refractivity contribution in [3.05, 3.63) is 35.7 Å². The molecule has 1 N–H and O–H groups in total. The van der Waals surface area contributed by atoms with Crippen LogP contribution in [0.25, 0.3) is 5.57 Å². The molecule has 0 aromatic carbocycles. The van der Waals surface area contributed by atoms with E-state index in [-0.39, 0.29) is 0 Å². The maximum Gasteiger partial charge on any atom is 0.101 e. The number of allylic oxidation sites excluding steroid dienone is 1.